The van der Waals surface area contributed by atoms with Crippen LogP contribution in [0.3, 0.4) is 0 Å². The van der Waals surface area contributed by atoms with Crippen LogP contribution in [0.2, 0.25) is 0 Å². The molecular formula is C19H15F3N2O2. The molecule has 7 heteroatoms. The summed E-state index contributed by atoms with van der Waals surface area (Å²) in [6.45, 7) is 0.689. The van der Waals surface area contributed by atoms with Gasteiger partial charge in [0.2, 0.25) is 5.91 Å². The van der Waals surface area contributed by atoms with Crippen LogP contribution < -0.4 is 10.2 Å². The molecule has 0 unspecified atom stereocenters. The minimum atomic E-state index is -4.47. The third-order valence-electron chi connectivity index (χ3n) is 4.72. The number of aryl methyl sites for hydroxylation is 1. The smallest absolute Gasteiger partial charge is 0.322 e. The average Bonchev–Trinajstić information content (AvgIpc) is 2.92. The highest BCUT2D eigenvalue weighted by Crippen LogP contribution is 2.38. The number of benzene rings is 2. The van der Waals surface area contributed by atoms with Gasteiger partial charge in [-0.15, -0.1) is 0 Å². The summed E-state index contributed by atoms with van der Waals surface area (Å²) in [5.74, 6) is -0.462. The molecule has 0 spiro atoms. The molecule has 0 saturated carbocycles. The van der Waals surface area contributed by atoms with Crippen LogP contribution in [-0.2, 0) is 23.8 Å². The van der Waals surface area contributed by atoms with Crippen LogP contribution in [0, 0.1) is 0 Å². The lowest BCUT2D eigenvalue weighted by Gasteiger charge is -2.25. The Balaban J connectivity index is 1.63. The number of nitrogens with one attached hydrogen (secondary N) is 1. The number of carbonyl (C=O) groups is 2. The van der Waals surface area contributed by atoms with E-state index >= 15 is 0 Å². The number of alkyl halides is 3. The lowest BCUT2D eigenvalue weighted by Crippen LogP contribution is -2.31. The van der Waals surface area contributed by atoms with Crippen LogP contribution in [0.5, 0.6) is 0 Å². The summed E-state index contributed by atoms with van der Waals surface area (Å²) in [5, 5.41) is 2.52. The lowest BCUT2D eigenvalue weighted by atomic mass is 9.96. The van der Waals surface area contributed by atoms with Gasteiger partial charge >= 0.3 is 6.18 Å². The molecule has 0 saturated heterocycles. The van der Waals surface area contributed by atoms with Gasteiger partial charge in [-0.2, -0.15) is 13.2 Å². The van der Waals surface area contributed by atoms with Gasteiger partial charge in [-0.25, -0.2) is 0 Å². The van der Waals surface area contributed by atoms with Crippen LogP contribution in [0.15, 0.2) is 36.4 Å². The molecule has 2 aliphatic heterocycles. The Hall–Kier alpha value is -2.83. The molecule has 1 N–H and O–H groups in total. The van der Waals surface area contributed by atoms with Crippen molar-refractivity contribution in [3.05, 3.63) is 58.7 Å². The Morgan fingerprint density at radius 3 is 2.65 bits per heavy atom. The number of hydrogen-bond donors (Lipinski definition) is 1. The summed E-state index contributed by atoms with van der Waals surface area (Å²) in [7, 11) is 0. The molecule has 4 rings (SSSR count). The first-order chi connectivity index (χ1) is 12.3. The molecule has 0 fully saturated rings. The predicted octanol–water partition coefficient (Wildman–Crippen LogP) is 3.79. The maximum atomic E-state index is 12.8. The summed E-state index contributed by atoms with van der Waals surface area (Å²) < 4.78 is 38.4. The first kappa shape index (κ1) is 16.6. The second-order valence-corrected chi connectivity index (χ2v) is 6.50. The standard InChI is InChI=1S/C19H15F3N2O2/c20-19(21,22)14-4-1-5-15(10-14)23-18(26)13-7-11-3-2-6-24-16(25)9-12(8-13)17(11)24/h1,4-5,7-8,10H,2-3,6,9H2,(H,23,26). The topological polar surface area (TPSA) is 49.4 Å². The Labute approximate surface area is 147 Å². The van der Waals surface area contributed by atoms with E-state index in [0.29, 0.717) is 12.1 Å². The van der Waals surface area contributed by atoms with Crippen molar-refractivity contribution in [2.75, 3.05) is 16.8 Å². The molecule has 0 aliphatic carbocycles. The van der Waals surface area contributed by atoms with Crippen molar-refractivity contribution in [2.24, 2.45) is 0 Å². The SMILES string of the molecule is O=C(Nc1cccc(C(F)(F)F)c1)c1cc2c3c(c1)CC(=O)N3CCC2. The Kier molecular flexibility index (Phi) is 3.75. The molecule has 26 heavy (non-hydrogen) atoms. The number of anilines is 2. The molecular weight excluding hydrogens is 345 g/mol. The van der Waals surface area contributed by atoms with Gasteiger partial charge in [0.15, 0.2) is 0 Å². The molecule has 4 nitrogen and oxygen atoms in total. The fraction of sp³-hybridized carbons (Fsp3) is 0.263. The van der Waals surface area contributed by atoms with Gasteiger partial charge < -0.3 is 10.2 Å². The normalized spacial score (nSPS) is 15.8. The van der Waals surface area contributed by atoms with Crippen LogP contribution in [0.4, 0.5) is 24.5 Å². The van der Waals surface area contributed by atoms with Crippen molar-refractivity contribution in [1.29, 1.82) is 0 Å². The number of amides is 2. The third-order valence-corrected chi connectivity index (χ3v) is 4.72. The summed E-state index contributed by atoms with van der Waals surface area (Å²) in [6.07, 6.45) is -2.61. The summed E-state index contributed by atoms with van der Waals surface area (Å²) in [4.78, 5) is 26.4. The van der Waals surface area contributed by atoms with Gasteiger partial charge in [0, 0.05) is 17.8 Å². The summed E-state index contributed by atoms with van der Waals surface area (Å²) in [6, 6.07) is 7.91. The van der Waals surface area contributed by atoms with Crippen molar-refractivity contribution >= 4 is 23.2 Å². The van der Waals surface area contributed by atoms with E-state index in [1.807, 2.05) is 0 Å². The number of halogens is 3. The molecule has 2 aliphatic rings. The molecule has 2 amide bonds. The number of carbonyl (C=O) groups excluding carboxylic acids is 2. The van der Waals surface area contributed by atoms with E-state index in [1.54, 1.807) is 17.0 Å². The first-order valence-corrected chi connectivity index (χ1v) is 8.28. The fourth-order valence-corrected chi connectivity index (χ4v) is 3.59. The predicted molar refractivity (Wildman–Crippen MR) is 90.2 cm³/mol. The van der Waals surface area contributed by atoms with Crippen molar-refractivity contribution in [3.63, 3.8) is 0 Å². The van der Waals surface area contributed by atoms with Gasteiger partial charge in [0.25, 0.3) is 5.91 Å². The lowest BCUT2D eigenvalue weighted by molar-refractivity contribution is -0.137. The summed E-state index contributed by atoms with van der Waals surface area (Å²) >= 11 is 0. The molecule has 0 radical (unpaired) electrons. The zero-order chi connectivity index (χ0) is 18.5. The molecule has 2 aromatic rings. The fourth-order valence-electron chi connectivity index (χ4n) is 3.59. The van der Waals surface area contributed by atoms with E-state index in [9.17, 15) is 22.8 Å². The van der Waals surface area contributed by atoms with Crippen LogP contribution in [0.25, 0.3) is 0 Å². The van der Waals surface area contributed by atoms with E-state index in [1.165, 1.54) is 12.1 Å². The quantitative estimate of drug-likeness (QED) is 0.886. The van der Waals surface area contributed by atoms with Gasteiger partial charge in [-0.05, 0) is 54.3 Å². The molecule has 2 aromatic carbocycles. The molecule has 0 aromatic heterocycles. The second-order valence-electron chi connectivity index (χ2n) is 6.50. The number of rotatable bonds is 2. The maximum absolute atomic E-state index is 12.8. The van der Waals surface area contributed by atoms with Crippen molar-refractivity contribution < 1.29 is 22.8 Å². The van der Waals surface area contributed by atoms with Gasteiger partial charge in [0.05, 0.1) is 17.7 Å². The van der Waals surface area contributed by atoms with Crippen molar-refractivity contribution in [1.82, 2.24) is 0 Å². The van der Waals surface area contributed by atoms with E-state index in [0.717, 1.165) is 41.8 Å². The second kappa shape index (κ2) is 5.86. The van der Waals surface area contributed by atoms with Gasteiger partial charge in [-0.1, -0.05) is 6.07 Å². The number of hydrogen-bond acceptors (Lipinski definition) is 2. The van der Waals surface area contributed by atoms with E-state index in [4.69, 9.17) is 0 Å². The minimum Gasteiger partial charge on any atom is -0.322 e. The number of nitrogens with zero attached hydrogens (tertiary/aromatic N) is 1. The highest BCUT2D eigenvalue weighted by molar-refractivity contribution is 6.08. The largest absolute Gasteiger partial charge is 0.416 e. The molecule has 0 bridgehead atoms. The Bertz CT molecular complexity index is 921. The third kappa shape index (κ3) is 2.83. The maximum Gasteiger partial charge on any atom is 0.416 e. The van der Waals surface area contributed by atoms with Crippen LogP contribution in [0.1, 0.15) is 33.5 Å². The highest BCUT2D eigenvalue weighted by atomic mass is 19.4. The van der Waals surface area contributed by atoms with Gasteiger partial charge in [0.1, 0.15) is 0 Å². The zero-order valence-corrected chi connectivity index (χ0v) is 13.7. The molecule has 2 heterocycles. The monoisotopic (exact) mass is 360 g/mol. The van der Waals surface area contributed by atoms with Gasteiger partial charge in [-0.3, -0.25) is 9.59 Å². The molecule has 134 valence electrons. The Morgan fingerprint density at radius 1 is 1.12 bits per heavy atom. The first-order valence-electron chi connectivity index (χ1n) is 8.28. The minimum absolute atomic E-state index is 0.0244. The van der Waals surface area contributed by atoms with E-state index < -0.39 is 17.6 Å². The van der Waals surface area contributed by atoms with Crippen LogP contribution in [-0.4, -0.2) is 18.4 Å². The Morgan fingerprint density at radius 2 is 1.88 bits per heavy atom. The highest BCUT2D eigenvalue weighted by Gasteiger charge is 2.33. The van der Waals surface area contributed by atoms with Crippen molar-refractivity contribution in [3.8, 4) is 0 Å². The zero-order valence-electron chi connectivity index (χ0n) is 13.7. The van der Waals surface area contributed by atoms with Crippen molar-refractivity contribution in [2.45, 2.75) is 25.4 Å². The molecule has 0 atom stereocenters. The van der Waals surface area contributed by atoms with Crippen LogP contribution >= 0.6 is 0 Å². The summed E-state index contributed by atoms with van der Waals surface area (Å²) in [5.41, 5.74) is 2.26. The average molecular weight is 360 g/mol. The van der Waals surface area contributed by atoms with E-state index in [2.05, 4.69) is 5.32 Å². The van der Waals surface area contributed by atoms with E-state index in [-0.39, 0.29) is 18.0 Å².